The van der Waals surface area contributed by atoms with Crippen molar-refractivity contribution < 1.29 is 13.2 Å². The molecular weight excluding hydrogens is 179 g/mol. The molecule has 0 bridgehead atoms. The van der Waals surface area contributed by atoms with E-state index in [-0.39, 0.29) is 6.54 Å². The van der Waals surface area contributed by atoms with Crippen LogP contribution in [-0.4, -0.2) is 19.3 Å². The van der Waals surface area contributed by atoms with E-state index in [1.165, 1.54) is 12.8 Å². The summed E-state index contributed by atoms with van der Waals surface area (Å²) in [5, 5.41) is 2.88. The van der Waals surface area contributed by atoms with E-state index in [1.54, 1.807) is 0 Å². The van der Waals surface area contributed by atoms with Gasteiger partial charge in [0, 0.05) is 13.1 Å². The van der Waals surface area contributed by atoms with Gasteiger partial charge in [0.25, 0.3) is 0 Å². The average Bonchev–Trinajstić information content (AvgIpc) is 2.78. The predicted molar refractivity (Wildman–Crippen MR) is 45.5 cm³/mol. The summed E-state index contributed by atoms with van der Waals surface area (Å²) in [6.45, 7) is 2.91. The lowest BCUT2D eigenvalue weighted by molar-refractivity contribution is -0.133. The molecule has 0 unspecified atom stereocenters. The molecule has 0 aromatic rings. The van der Waals surface area contributed by atoms with Gasteiger partial charge >= 0.3 is 6.18 Å². The molecule has 1 aliphatic carbocycles. The van der Waals surface area contributed by atoms with E-state index in [9.17, 15) is 13.2 Å². The standard InChI is InChI=1S/C9H16F3N/c1-2-8(3-4-8)7-13-6-5-9(10,11)12/h13H,2-7H2,1H3. The molecule has 0 heterocycles. The van der Waals surface area contributed by atoms with Crippen LogP contribution in [0, 0.1) is 5.41 Å². The topological polar surface area (TPSA) is 12.0 Å². The van der Waals surface area contributed by atoms with Crippen LogP contribution < -0.4 is 5.32 Å². The number of halogens is 3. The third-order valence-corrected chi connectivity index (χ3v) is 2.79. The molecule has 0 aromatic carbocycles. The molecular formula is C9H16F3N. The molecule has 1 saturated carbocycles. The first-order valence-corrected chi connectivity index (χ1v) is 4.75. The molecule has 1 N–H and O–H groups in total. The zero-order valence-electron chi connectivity index (χ0n) is 7.88. The van der Waals surface area contributed by atoms with Crippen LogP contribution >= 0.6 is 0 Å². The Kier molecular flexibility index (Phi) is 3.22. The van der Waals surface area contributed by atoms with Crippen molar-refractivity contribution in [1.29, 1.82) is 0 Å². The van der Waals surface area contributed by atoms with Crippen LogP contribution in [0.3, 0.4) is 0 Å². The van der Waals surface area contributed by atoms with Crippen molar-refractivity contribution in [1.82, 2.24) is 5.32 Å². The summed E-state index contributed by atoms with van der Waals surface area (Å²) >= 11 is 0. The Balaban J connectivity index is 2.02. The van der Waals surface area contributed by atoms with Gasteiger partial charge in [0.1, 0.15) is 0 Å². The van der Waals surface area contributed by atoms with Gasteiger partial charge in [0.15, 0.2) is 0 Å². The fraction of sp³-hybridized carbons (Fsp3) is 1.00. The lowest BCUT2D eigenvalue weighted by atomic mass is 10.0. The Morgan fingerprint density at radius 1 is 1.31 bits per heavy atom. The molecule has 0 aromatic heterocycles. The third kappa shape index (κ3) is 3.98. The number of rotatable bonds is 5. The maximum atomic E-state index is 11.7. The van der Waals surface area contributed by atoms with Crippen LogP contribution in [0.4, 0.5) is 13.2 Å². The summed E-state index contributed by atoms with van der Waals surface area (Å²) < 4.78 is 35.2. The van der Waals surface area contributed by atoms with E-state index in [2.05, 4.69) is 12.2 Å². The van der Waals surface area contributed by atoms with Crippen LogP contribution in [0.5, 0.6) is 0 Å². The predicted octanol–water partition coefficient (Wildman–Crippen LogP) is 2.72. The lowest BCUT2D eigenvalue weighted by Crippen LogP contribution is -2.27. The fourth-order valence-corrected chi connectivity index (χ4v) is 1.42. The largest absolute Gasteiger partial charge is 0.390 e. The number of hydrogen-bond acceptors (Lipinski definition) is 1. The normalized spacial score (nSPS) is 20.3. The molecule has 0 aliphatic heterocycles. The van der Waals surface area contributed by atoms with E-state index in [1.807, 2.05) is 0 Å². The maximum absolute atomic E-state index is 11.7. The molecule has 1 fully saturated rings. The van der Waals surface area contributed by atoms with E-state index < -0.39 is 12.6 Å². The Morgan fingerprint density at radius 2 is 1.92 bits per heavy atom. The summed E-state index contributed by atoms with van der Waals surface area (Å²) in [5.74, 6) is 0. The quantitative estimate of drug-likeness (QED) is 0.665. The molecule has 1 rings (SSSR count). The zero-order valence-corrected chi connectivity index (χ0v) is 7.88. The molecule has 0 saturated heterocycles. The number of hydrogen-bond donors (Lipinski definition) is 1. The van der Waals surface area contributed by atoms with E-state index >= 15 is 0 Å². The van der Waals surface area contributed by atoms with Gasteiger partial charge in [-0.3, -0.25) is 0 Å². The molecule has 13 heavy (non-hydrogen) atoms. The highest BCUT2D eigenvalue weighted by Crippen LogP contribution is 2.47. The molecule has 4 heteroatoms. The second-order valence-electron chi connectivity index (χ2n) is 3.90. The Morgan fingerprint density at radius 3 is 2.31 bits per heavy atom. The smallest absolute Gasteiger partial charge is 0.316 e. The summed E-state index contributed by atoms with van der Waals surface area (Å²) in [6.07, 6.45) is -1.32. The first-order valence-electron chi connectivity index (χ1n) is 4.75. The molecule has 0 radical (unpaired) electrons. The van der Waals surface area contributed by atoms with Gasteiger partial charge < -0.3 is 5.32 Å². The monoisotopic (exact) mass is 195 g/mol. The summed E-state index contributed by atoms with van der Waals surface area (Å²) in [5.41, 5.74) is 0.339. The summed E-state index contributed by atoms with van der Waals surface area (Å²) in [6, 6.07) is 0. The summed E-state index contributed by atoms with van der Waals surface area (Å²) in [7, 11) is 0. The lowest BCUT2D eigenvalue weighted by Gasteiger charge is -2.13. The molecule has 78 valence electrons. The maximum Gasteiger partial charge on any atom is 0.390 e. The Bertz CT molecular complexity index is 161. The minimum absolute atomic E-state index is 0.0608. The third-order valence-electron chi connectivity index (χ3n) is 2.79. The van der Waals surface area contributed by atoms with Crippen LogP contribution in [-0.2, 0) is 0 Å². The SMILES string of the molecule is CCC1(CNCCC(F)(F)F)CC1. The second kappa shape index (κ2) is 3.86. The average molecular weight is 195 g/mol. The van der Waals surface area contributed by atoms with Gasteiger partial charge in [-0.15, -0.1) is 0 Å². The molecule has 0 atom stereocenters. The van der Waals surface area contributed by atoms with Crippen molar-refractivity contribution in [3.05, 3.63) is 0 Å². The van der Waals surface area contributed by atoms with E-state index in [0.29, 0.717) is 5.41 Å². The Hall–Kier alpha value is -0.250. The van der Waals surface area contributed by atoms with Crippen LogP contribution in [0.2, 0.25) is 0 Å². The minimum Gasteiger partial charge on any atom is -0.316 e. The first-order chi connectivity index (χ1) is 5.97. The van der Waals surface area contributed by atoms with Gasteiger partial charge in [-0.1, -0.05) is 6.92 Å². The van der Waals surface area contributed by atoms with Crippen molar-refractivity contribution in [2.75, 3.05) is 13.1 Å². The van der Waals surface area contributed by atoms with Crippen molar-refractivity contribution in [2.24, 2.45) is 5.41 Å². The second-order valence-corrected chi connectivity index (χ2v) is 3.90. The van der Waals surface area contributed by atoms with Gasteiger partial charge in [-0.05, 0) is 24.7 Å². The summed E-state index contributed by atoms with van der Waals surface area (Å²) in [4.78, 5) is 0. The molecule has 1 aliphatic rings. The van der Waals surface area contributed by atoms with Crippen LogP contribution in [0.25, 0.3) is 0 Å². The van der Waals surface area contributed by atoms with Crippen molar-refractivity contribution >= 4 is 0 Å². The Labute approximate surface area is 76.7 Å². The van der Waals surface area contributed by atoms with Gasteiger partial charge in [-0.25, -0.2) is 0 Å². The van der Waals surface area contributed by atoms with Gasteiger partial charge in [-0.2, -0.15) is 13.2 Å². The van der Waals surface area contributed by atoms with Gasteiger partial charge in [0.05, 0.1) is 6.42 Å². The zero-order chi connectivity index (χ0) is 9.95. The molecule has 1 nitrogen and oxygen atoms in total. The first kappa shape index (κ1) is 10.8. The van der Waals surface area contributed by atoms with Crippen molar-refractivity contribution in [3.8, 4) is 0 Å². The number of nitrogens with one attached hydrogen (secondary N) is 1. The molecule has 0 amide bonds. The van der Waals surface area contributed by atoms with E-state index in [0.717, 1.165) is 13.0 Å². The molecule has 0 spiro atoms. The van der Waals surface area contributed by atoms with Crippen LogP contribution in [0.1, 0.15) is 32.6 Å². The van der Waals surface area contributed by atoms with E-state index in [4.69, 9.17) is 0 Å². The number of alkyl halides is 3. The van der Waals surface area contributed by atoms with Crippen LogP contribution in [0.15, 0.2) is 0 Å². The fourth-order valence-electron chi connectivity index (χ4n) is 1.42. The highest BCUT2D eigenvalue weighted by molar-refractivity contribution is 4.93. The van der Waals surface area contributed by atoms with Crippen molar-refractivity contribution in [3.63, 3.8) is 0 Å². The van der Waals surface area contributed by atoms with Crippen molar-refractivity contribution in [2.45, 2.75) is 38.8 Å². The highest BCUT2D eigenvalue weighted by Gasteiger charge is 2.40. The minimum atomic E-state index is -4.02. The highest BCUT2D eigenvalue weighted by atomic mass is 19.4. The van der Waals surface area contributed by atoms with Gasteiger partial charge in [0.2, 0.25) is 0 Å².